The molecule has 2 atom stereocenters. The SMILES string of the molecule is C[C@H](Nc1ccc(C(F)(F)F)cc1[N+](=O)[O-])C(=O)N[C@H](C)c1ccc(F)cc1. The summed E-state index contributed by atoms with van der Waals surface area (Å²) in [6.07, 6.45) is -4.73. The van der Waals surface area contributed by atoms with E-state index in [0.717, 1.165) is 6.07 Å². The molecule has 2 N–H and O–H groups in total. The molecule has 0 saturated heterocycles. The first kappa shape index (κ1) is 21.1. The van der Waals surface area contributed by atoms with Gasteiger partial charge >= 0.3 is 6.18 Å². The second-order valence-corrected chi connectivity index (χ2v) is 6.13. The summed E-state index contributed by atoms with van der Waals surface area (Å²) in [5.41, 5.74) is -1.52. The number of rotatable bonds is 6. The standard InChI is InChI=1S/C18H17F4N3O3/c1-10(12-3-6-14(19)7-4-12)24-17(26)11(2)23-15-8-5-13(18(20,21)22)9-16(15)25(27)28/h3-11,23H,1-2H3,(H,24,26)/t10-,11+/m1/s1. The molecule has 0 aliphatic carbocycles. The number of anilines is 1. The lowest BCUT2D eigenvalue weighted by molar-refractivity contribution is -0.384. The van der Waals surface area contributed by atoms with Crippen molar-refractivity contribution in [3.05, 3.63) is 69.5 Å². The molecule has 2 aromatic carbocycles. The van der Waals surface area contributed by atoms with Gasteiger partial charge in [-0.15, -0.1) is 0 Å². The second-order valence-electron chi connectivity index (χ2n) is 6.13. The molecular formula is C18H17F4N3O3. The zero-order chi connectivity index (χ0) is 21.1. The quantitative estimate of drug-likeness (QED) is 0.428. The van der Waals surface area contributed by atoms with Crippen LogP contribution in [0.5, 0.6) is 0 Å². The molecule has 0 aliphatic heterocycles. The van der Waals surface area contributed by atoms with Crippen LogP contribution in [0.4, 0.5) is 28.9 Å². The minimum atomic E-state index is -4.73. The predicted octanol–water partition coefficient (Wildman–Crippen LogP) is 4.43. The number of nitro benzene ring substituents is 1. The van der Waals surface area contributed by atoms with Gasteiger partial charge < -0.3 is 10.6 Å². The smallest absolute Gasteiger partial charge is 0.368 e. The highest BCUT2D eigenvalue weighted by Gasteiger charge is 2.33. The molecule has 0 saturated carbocycles. The molecule has 28 heavy (non-hydrogen) atoms. The van der Waals surface area contributed by atoms with Gasteiger partial charge in [0, 0.05) is 6.07 Å². The Kier molecular flexibility index (Phi) is 6.22. The Morgan fingerprint density at radius 2 is 1.71 bits per heavy atom. The fourth-order valence-corrected chi connectivity index (χ4v) is 2.45. The molecule has 0 radical (unpaired) electrons. The van der Waals surface area contributed by atoms with Gasteiger partial charge in [0.2, 0.25) is 5.91 Å². The third kappa shape index (κ3) is 5.18. The van der Waals surface area contributed by atoms with E-state index in [4.69, 9.17) is 0 Å². The number of halogens is 4. The van der Waals surface area contributed by atoms with Crippen molar-refractivity contribution in [2.75, 3.05) is 5.32 Å². The van der Waals surface area contributed by atoms with Crippen molar-refractivity contribution in [3.63, 3.8) is 0 Å². The topological polar surface area (TPSA) is 84.3 Å². The minimum Gasteiger partial charge on any atom is -0.368 e. The van der Waals surface area contributed by atoms with Crippen molar-refractivity contribution in [1.29, 1.82) is 0 Å². The molecule has 0 fully saturated rings. The molecule has 10 heteroatoms. The van der Waals surface area contributed by atoms with Gasteiger partial charge in [-0.2, -0.15) is 13.2 Å². The molecule has 0 aliphatic rings. The average molecular weight is 399 g/mol. The van der Waals surface area contributed by atoms with Crippen LogP contribution in [0.25, 0.3) is 0 Å². The van der Waals surface area contributed by atoms with Crippen LogP contribution >= 0.6 is 0 Å². The third-order valence-corrected chi connectivity index (χ3v) is 4.02. The van der Waals surface area contributed by atoms with Crippen molar-refractivity contribution in [2.24, 2.45) is 0 Å². The van der Waals surface area contributed by atoms with Gasteiger partial charge in [-0.1, -0.05) is 12.1 Å². The molecule has 0 heterocycles. The molecule has 6 nitrogen and oxygen atoms in total. The van der Waals surface area contributed by atoms with Gasteiger partial charge in [-0.25, -0.2) is 4.39 Å². The van der Waals surface area contributed by atoms with Crippen LogP contribution in [0.15, 0.2) is 42.5 Å². The molecule has 0 bridgehead atoms. The van der Waals surface area contributed by atoms with E-state index in [1.807, 2.05) is 0 Å². The van der Waals surface area contributed by atoms with E-state index >= 15 is 0 Å². The van der Waals surface area contributed by atoms with E-state index in [0.29, 0.717) is 17.7 Å². The van der Waals surface area contributed by atoms with Crippen LogP contribution in [0, 0.1) is 15.9 Å². The van der Waals surface area contributed by atoms with E-state index in [2.05, 4.69) is 10.6 Å². The summed E-state index contributed by atoms with van der Waals surface area (Å²) in [6.45, 7) is 3.08. The maximum absolute atomic E-state index is 13.0. The highest BCUT2D eigenvalue weighted by molar-refractivity contribution is 5.85. The number of alkyl halides is 3. The van der Waals surface area contributed by atoms with Gasteiger partial charge in [0.25, 0.3) is 5.69 Å². The fourth-order valence-electron chi connectivity index (χ4n) is 2.45. The van der Waals surface area contributed by atoms with E-state index < -0.39 is 46.2 Å². The van der Waals surface area contributed by atoms with Gasteiger partial charge in [0.1, 0.15) is 17.5 Å². The maximum Gasteiger partial charge on any atom is 0.416 e. The minimum absolute atomic E-state index is 0.213. The first-order chi connectivity index (χ1) is 13.0. The molecule has 0 spiro atoms. The van der Waals surface area contributed by atoms with Crippen LogP contribution in [-0.4, -0.2) is 16.9 Å². The number of nitrogens with one attached hydrogen (secondary N) is 2. The Bertz CT molecular complexity index is 869. The highest BCUT2D eigenvalue weighted by Crippen LogP contribution is 2.35. The molecule has 0 unspecified atom stereocenters. The van der Waals surface area contributed by atoms with Gasteiger partial charge in [-0.3, -0.25) is 14.9 Å². The van der Waals surface area contributed by atoms with E-state index in [-0.39, 0.29) is 5.69 Å². The summed E-state index contributed by atoms with van der Waals surface area (Å²) in [6, 6.07) is 6.05. The lowest BCUT2D eigenvalue weighted by atomic mass is 10.1. The Morgan fingerprint density at radius 3 is 2.25 bits per heavy atom. The lowest BCUT2D eigenvalue weighted by Crippen LogP contribution is -2.39. The fraction of sp³-hybridized carbons (Fsp3) is 0.278. The predicted molar refractivity (Wildman–Crippen MR) is 94.1 cm³/mol. The van der Waals surface area contributed by atoms with E-state index in [1.54, 1.807) is 6.92 Å². The third-order valence-electron chi connectivity index (χ3n) is 4.02. The maximum atomic E-state index is 13.0. The van der Waals surface area contributed by atoms with E-state index in [1.165, 1.54) is 31.2 Å². The molecule has 1 amide bonds. The molecule has 150 valence electrons. The Balaban J connectivity index is 2.12. The van der Waals surface area contributed by atoms with Crippen molar-refractivity contribution in [3.8, 4) is 0 Å². The highest BCUT2D eigenvalue weighted by atomic mass is 19.4. The Morgan fingerprint density at radius 1 is 1.11 bits per heavy atom. The number of nitrogens with zero attached hydrogens (tertiary/aromatic N) is 1. The van der Waals surface area contributed by atoms with Crippen LogP contribution in [-0.2, 0) is 11.0 Å². The number of amides is 1. The zero-order valence-corrected chi connectivity index (χ0v) is 14.9. The normalized spacial score (nSPS) is 13.5. The van der Waals surface area contributed by atoms with Crippen molar-refractivity contribution in [2.45, 2.75) is 32.1 Å². The number of carbonyl (C=O) groups is 1. The van der Waals surface area contributed by atoms with Crippen LogP contribution in [0.1, 0.15) is 31.0 Å². The van der Waals surface area contributed by atoms with Crippen molar-refractivity contribution in [1.82, 2.24) is 5.32 Å². The summed E-state index contributed by atoms with van der Waals surface area (Å²) in [4.78, 5) is 22.5. The number of benzene rings is 2. The molecule has 0 aromatic heterocycles. The number of nitro groups is 1. The summed E-state index contributed by atoms with van der Waals surface area (Å²) in [7, 11) is 0. The Labute approximate surface area is 157 Å². The number of hydrogen-bond acceptors (Lipinski definition) is 4. The molecule has 2 rings (SSSR count). The van der Waals surface area contributed by atoms with Crippen LogP contribution in [0.3, 0.4) is 0 Å². The number of carbonyl (C=O) groups excluding carboxylic acids is 1. The second kappa shape index (κ2) is 8.24. The average Bonchev–Trinajstić information content (AvgIpc) is 2.61. The van der Waals surface area contributed by atoms with Gasteiger partial charge in [0.15, 0.2) is 0 Å². The molecule has 2 aromatic rings. The lowest BCUT2D eigenvalue weighted by Gasteiger charge is -2.20. The Hall–Kier alpha value is -3.17. The van der Waals surface area contributed by atoms with Crippen LogP contribution < -0.4 is 10.6 Å². The largest absolute Gasteiger partial charge is 0.416 e. The molecular weight excluding hydrogens is 382 g/mol. The monoisotopic (exact) mass is 399 g/mol. The van der Waals surface area contributed by atoms with Gasteiger partial charge in [0.05, 0.1) is 16.5 Å². The van der Waals surface area contributed by atoms with Crippen molar-refractivity contribution < 1.29 is 27.3 Å². The first-order valence-electron chi connectivity index (χ1n) is 8.17. The summed E-state index contributed by atoms with van der Waals surface area (Å²) < 4.78 is 51.2. The van der Waals surface area contributed by atoms with E-state index in [9.17, 15) is 32.5 Å². The summed E-state index contributed by atoms with van der Waals surface area (Å²) in [5, 5.41) is 16.3. The zero-order valence-electron chi connectivity index (χ0n) is 14.9. The summed E-state index contributed by atoms with van der Waals surface area (Å²) >= 11 is 0. The van der Waals surface area contributed by atoms with Crippen molar-refractivity contribution >= 4 is 17.3 Å². The van der Waals surface area contributed by atoms with Gasteiger partial charge in [-0.05, 0) is 43.7 Å². The van der Waals surface area contributed by atoms with Crippen LogP contribution in [0.2, 0.25) is 0 Å². The number of hydrogen-bond donors (Lipinski definition) is 2. The summed E-state index contributed by atoms with van der Waals surface area (Å²) in [5.74, 6) is -0.960. The first-order valence-corrected chi connectivity index (χ1v) is 8.17.